The van der Waals surface area contributed by atoms with Crippen LogP contribution in [0.3, 0.4) is 0 Å². The Balaban J connectivity index is 2.36. The molecule has 1 N–H and O–H groups in total. The second-order valence-corrected chi connectivity index (χ2v) is 5.65. The maximum atomic E-state index is 5.58. The van der Waals surface area contributed by atoms with Crippen LogP contribution in [0.1, 0.15) is 42.5 Å². The normalized spacial score (nSPS) is 18.5. The van der Waals surface area contributed by atoms with Crippen LogP contribution < -0.4 is 10.1 Å². The molecule has 0 aliphatic carbocycles. The van der Waals surface area contributed by atoms with Crippen LogP contribution in [0, 0.1) is 0 Å². The lowest BCUT2D eigenvalue weighted by Gasteiger charge is -2.28. The van der Waals surface area contributed by atoms with E-state index in [1.807, 2.05) is 0 Å². The van der Waals surface area contributed by atoms with Gasteiger partial charge in [-0.3, -0.25) is 0 Å². The van der Waals surface area contributed by atoms with Gasteiger partial charge in [0.05, 0.1) is 7.11 Å². The molecule has 106 valence electrons. The Labute approximate surface area is 116 Å². The maximum absolute atomic E-state index is 5.58. The summed E-state index contributed by atoms with van der Waals surface area (Å²) in [4.78, 5) is 2.19. The predicted molar refractivity (Wildman–Crippen MR) is 79.7 cm³/mol. The van der Waals surface area contributed by atoms with Crippen LogP contribution in [0.5, 0.6) is 5.75 Å². The molecule has 0 saturated carbocycles. The summed E-state index contributed by atoms with van der Waals surface area (Å²) in [5, 5.41) is 3.62. The van der Waals surface area contributed by atoms with Crippen molar-refractivity contribution in [3.63, 3.8) is 0 Å². The molecular formula is C16H26N2O. The van der Waals surface area contributed by atoms with Crippen molar-refractivity contribution in [3.8, 4) is 5.75 Å². The van der Waals surface area contributed by atoms with E-state index in [2.05, 4.69) is 43.4 Å². The fourth-order valence-electron chi connectivity index (χ4n) is 2.92. The summed E-state index contributed by atoms with van der Waals surface area (Å²) in [6, 6.07) is 5.09. The number of hydrogen-bond donors (Lipinski definition) is 1. The minimum absolute atomic E-state index is 0.496. The van der Waals surface area contributed by atoms with Crippen LogP contribution in [-0.2, 0) is 13.0 Å². The van der Waals surface area contributed by atoms with Crippen LogP contribution in [0.4, 0.5) is 0 Å². The molecule has 1 aliphatic rings. The summed E-state index contributed by atoms with van der Waals surface area (Å²) in [6.07, 6.45) is 3.53. The second-order valence-electron chi connectivity index (χ2n) is 5.65. The minimum Gasteiger partial charge on any atom is -0.496 e. The first-order valence-corrected chi connectivity index (χ1v) is 7.23. The first-order chi connectivity index (χ1) is 9.15. The minimum atomic E-state index is 0.496. The molecule has 1 aromatic carbocycles. The zero-order valence-corrected chi connectivity index (χ0v) is 12.6. The summed E-state index contributed by atoms with van der Waals surface area (Å²) in [6.45, 7) is 4.27. The third-order valence-corrected chi connectivity index (χ3v) is 3.77. The Morgan fingerprint density at radius 3 is 2.79 bits per heavy atom. The quantitative estimate of drug-likeness (QED) is 0.883. The number of nitrogens with zero attached hydrogens (tertiary/aromatic N) is 1. The summed E-state index contributed by atoms with van der Waals surface area (Å²) in [5.41, 5.74) is 4.23. The SMILES string of the molecule is CCCC1NCCc2cc(CN(C)C)c(OC)cc21. The van der Waals surface area contributed by atoms with Crippen LogP contribution in [0.2, 0.25) is 0 Å². The van der Waals surface area contributed by atoms with Gasteiger partial charge in [-0.2, -0.15) is 0 Å². The number of nitrogens with one attached hydrogen (secondary N) is 1. The summed E-state index contributed by atoms with van der Waals surface area (Å²) >= 11 is 0. The lowest BCUT2D eigenvalue weighted by molar-refractivity contribution is 0.369. The van der Waals surface area contributed by atoms with E-state index in [-0.39, 0.29) is 0 Å². The fraction of sp³-hybridized carbons (Fsp3) is 0.625. The Morgan fingerprint density at radius 1 is 1.37 bits per heavy atom. The van der Waals surface area contributed by atoms with E-state index in [0.29, 0.717) is 6.04 Å². The highest BCUT2D eigenvalue weighted by atomic mass is 16.5. The van der Waals surface area contributed by atoms with Crippen molar-refractivity contribution in [1.29, 1.82) is 0 Å². The van der Waals surface area contributed by atoms with Gasteiger partial charge in [-0.15, -0.1) is 0 Å². The second kappa shape index (κ2) is 6.40. The third kappa shape index (κ3) is 3.28. The van der Waals surface area contributed by atoms with E-state index in [4.69, 9.17) is 4.74 Å². The lowest BCUT2D eigenvalue weighted by atomic mass is 9.90. The van der Waals surface area contributed by atoms with E-state index >= 15 is 0 Å². The van der Waals surface area contributed by atoms with E-state index in [1.165, 1.54) is 29.5 Å². The van der Waals surface area contributed by atoms with Crippen molar-refractivity contribution in [2.75, 3.05) is 27.7 Å². The van der Waals surface area contributed by atoms with Crippen molar-refractivity contribution in [2.45, 2.75) is 38.8 Å². The molecule has 1 atom stereocenters. The van der Waals surface area contributed by atoms with Crippen LogP contribution >= 0.6 is 0 Å². The Morgan fingerprint density at radius 2 is 2.16 bits per heavy atom. The van der Waals surface area contributed by atoms with Gasteiger partial charge in [0.25, 0.3) is 0 Å². The first kappa shape index (κ1) is 14.4. The van der Waals surface area contributed by atoms with Crippen molar-refractivity contribution in [3.05, 3.63) is 28.8 Å². The molecule has 3 heteroatoms. The maximum Gasteiger partial charge on any atom is 0.123 e. The summed E-state index contributed by atoms with van der Waals surface area (Å²) < 4.78 is 5.58. The van der Waals surface area contributed by atoms with Crippen molar-refractivity contribution >= 4 is 0 Å². The average molecular weight is 262 g/mol. The molecule has 1 aliphatic heterocycles. The number of fused-ring (bicyclic) bond motifs is 1. The lowest BCUT2D eigenvalue weighted by Crippen LogP contribution is -2.30. The number of methoxy groups -OCH3 is 1. The molecule has 0 saturated heterocycles. The smallest absolute Gasteiger partial charge is 0.123 e. The van der Waals surface area contributed by atoms with E-state index in [0.717, 1.165) is 25.3 Å². The molecule has 3 nitrogen and oxygen atoms in total. The average Bonchev–Trinajstić information content (AvgIpc) is 2.38. The topological polar surface area (TPSA) is 24.5 Å². The molecule has 0 bridgehead atoms. The predicted octanol–water partition coefficient (Wildman–Crippen LogP) is 2.74. The van der Waals surface area contributed by atoms with Gasteiger partial charge in [0.2, 0.25) is 0 Å². The third-order valence-electron chi connectivity index (χ3n) is 3.77. The van der Waals surface area contributed by atoms with Gasteiger partial charge in [-0.25, -0.2) is 0 Å². The highest BCUT2D eigenvalue weighted by Gasteiger charge is 2.21. The zero-order chi connectivity index (χ0) is 13.8. The molecule has 0 radical (unpaired) electrons. The summed E-state index contributed by atoms with van der Waals surface area (Å²) in [7, 11) is 5.96. The van der Waals surface area contributed by atoms with Crippen LogP contribution in [0.15, 0.2) is 12.1 Å². The molecule has 1 unspecified atom stereocenters. The number of benzene rings is 1. The fourth-order valence-corrected chi connectivity index (χ4v) is 2.92. The Hall–Kier alpha value is -1.06. The standard InChI is InChI=1S/C16H26N2O/c1-5-6-15-14-10-16(19-4)13(11-18(2)3)9-12(14)7-8-17-15/h9-10,15,17H,5-8,11H2,1-4H3. The van der Waals surface area contributed by atoms with Gasteiger partial charge in [-0.05, 0) is 50.7 Å². The summed E-state index contributed by atoms with van der Waals surface area (Å²) in [5.74, 6) is 1.03. The van der Waals surface area contributed by atoms with Crippen LogP contribution in [-0.4, -0.2) is 32.6 Å². The molecule has 0 spiro atoms. The number of ether oxygens (including phenoxy) is 1. The van der Waals surface area contributed by atoms with Gasteiger partial charge in [-0.1, -0.05) is 19.4 Å². The molecular weight excluding hydrogens is 236 g/mol. The molecule has 0 fully saturated rings. The molecule has 0 aromatic heterocycles. The van der Waals surface area contributed by atoms with Gasteiger partial charge < -0.3 is 15.0 Å². The van der Waals surface area contributed by atoms with E-state index in [1.54, 1.807) is 7.11 Å². The number of rotatable bonds is 5. The first-order valence-electron chi connectivity index (χ1n) is 7.23. The highest BCUT2D eigenvalue weighted by molar-refractivity contribution is 5.45. The van der Waals surface area contributed by atoms with Crippen molar-refractivity contribution < 1.29 is 4.74 Å². The zero-order valence-electron chi connectivity index (χ0n) is 12.6. The van der Waals surface area contributed by atoms with Crippen molar-refractivity contribution in [2.24, 2.45) is 0 Å². The van der Waals surface area contributed by atoms with Gasteiger partial charge >= 0.3 is 0 Å². The molecule has 19 heavy (non-hydrogen) atoms. The Kier molecular flexibility index (Phi) is 4.83. The number of hydrogen-bond acceptors (Lipinski definition) is 3. The largest absolute Gasteiger partial charge is 0.496 e. The highest BCUT2D eigenvalue weighted by Crippen LogP contribution is 2.32. The van der Waals surface area contributed by atoms with E-state index in [9.17, 15) is 0 Å². The molecule has 1 aromatic rings. The molecule has 0 amide bonds. The van der Waals surface area contributed by atoms with Gasteiger partial charge in [0, 0.05) is 18.2 Å². The van der Waals surface area contributed by atoms with Crippen LogP contribution in [0.25, 0.3) is 0 Å². The van der Waals surface area contributed by atoms with Gasteiger partial charge in [0.15, 0.2) is 0 Å². The molecule has 2 rings (SSSR count). The van der Waals surface area contributed by atoms with E-state index < -0.39 is 0 Å². The Bertz CT molecular complexity index is 429. The monoisotopic (exact) mass is 262 g/mol. The van der Waals surface area contributed by atoms with Gasteiger partial charge in [0.1, 0.15) is 5.75 Å². The van der Waals surface area contributed by atoms with Crippen molar-refractivity contribution in [1.82, 2.24) is 10.2 Å². The molecule has 1 heterocycles.